The van der Waals surface area contributed by atoms with E-state index in [0.717, 1.165) is 25.0 Å². The predicted octanol–water partition coefficient (Wildman–Crippen LogP) is 1.86. The first-order chi connectivity index (χ1) is 6.48. The van der Waals surface area contributed by atoms with E-state index < -0.39 is 6.03 Å². The number of amides is 2. The molecule has 1 rings (SSSR count). The van der Waals surface area contributed by atoms with Gasteiger partial charge in [-0.3, -0.25) is 0 Å². The zero-order valence-corrected chi connectivity index (χ0v) is 9.13. The Morgan fingerprint density at radius 1 is 1.79 bits per heavy atom. The molecule has 0 aromatic carbocycles. The largest absolute Gasteiger partial charge is 0.350 e. The molecule has 14 heavy (non-hydrogen) atoms. The fourth-order valence-electron chi connectivity index (χ4n) is 2.19. The molecule has 80 valence electrons. The Labute approximate surface area is 84.9 Å². The molecule has 4 nitrogen and oxygen atoms in total. The van der Waals surface area contributed by atoms with Crippen LogP contribution in [0.2, 0.25) is 0 Å². The molecule has 2 amide bonds. The van der Waals surface area contributed by atoms with Crippen molar-refractivity contribution in [1.82, 2.24) is 5.43 Å². The van der Waals surface area contributed by atoms with Gasteiger partial charge in [0.1, 0.15) is 0 Å². The van der Waals surface area contributed by atoms with Gasteiger partial charge in [0, 0.05) is 11.1 Å². The van der Waals surface area contributed by atoms with Crippen LogP contribution in [0.5, 0.6) is 0 Å². The van der Waals surface area contributed by atoms with Crippen molar-refractivity contribution < 1.29 is 4.79 Å². The van der Waals surface area contributed by atoms with Gasteiger partial charge >= 0.3 is 6.03 Å². The molecule has 0 spiro atoms. The second-order valence-electron chi connectivity index (χ2n) is 4.46. The third-order valence-electron chi connectivity index (χ3n) is 3.12. The highest BCUT2D eigenvalue weighted by atomic mass is 16.2. The van der Waals surface area contributed by atoms with Gasteiger partial charge in [0.15, 0.2) is 0 Å². The number of primary amides is 1. The van der Waals surface area contributed by atoms with E-state index in [0.29, 0.717) is 5.92 Å². The molecule has 0 aromatic heterocycles. The van der Waals surface area contributed by atoms with E-state index in [1.807, 2.05) is 0 Å². The third kappa shape index (κ3) is 2.25. The van der Waals surface area contributed by atoms with Crippen LogP contribution in [-0.4, -0.2) is 11.7 Å². The molecule has 0 heterocycles. The summed E-state index contributed by atoms with van der Waals surface area (Å²) in [4.78, 5) is 10.5. The zero-order chi connectivity index (χ0) is 10.8. The van der Waals surface area contributed by atoms with Crippen molar-refractivity contribution in [3.05, 3.63) is 0 Å². The van der Waals surface area contributed by atoms with E-state index in [1.165, 1.54) is 0 Å². The normalized spacial score (nSPS) is 34.8. The number of nitrogens with one attached hydrogen (secondary N) is 1. The quantitative estimate of drug-likeness (QED) is 0.652. The van der Waals surface area contributed by atoms with Crippen LogP contribution in [0.4, 0.5) is 4.79 Å². The fourth-order valence-corrected chi connectivity index (χ4v) is 2.19. The van der Waals surface area contributed by atoms with Crippen LogP contribution in [0.25, 0.3) is 0 Å². The summed E-state index contributed by atoms with van der Waals surface area (Å²) in [6.45, 7) is 6.55. The van der Waals surface area contributed by atoms with Gasteiger partial charge in [-0.2, -0.15) is 5.10 Å². The van der Waals surface area contributed by atoms with Crippen LogP contribution in [0.1, 0.15) is 40.0 Å². The Hall–Kier alpha value is -1.06. The number of hydrazone groups is 1. The summed E-state index contributed by atoms with van der Waals surface area (Å²) in [5, 5.41) is 4.09. The van der Waals surface area contributed by atoms with E-state index in [-0.39, 0.29) is 5.41 Å². The minimum atomic E-state index is -0.587. The molecule has 3 N–H and O–H groups in total. The number of nitrogens with two attached hydrogens (primary N) is 1. The average molecular weight is 197 g/mol. The van der Waals surface area contributed by atoms with Gasteiger partial charge in [-0.1, -0.05) is 20.8 Å². The Balaban J connectivity index is 2.76. The lowest BCUT2D eigenvalue weighted by Gasteiger charge is -2.22. The number of carbonyl (C=O) groups is 1. The minimum Gasteiger partial charge on any atom is -0.350 e. The maximum absolute atomic E-state index is 10.5. The zero-order valence-electron chi connectivity index (χ0n) is 9.13. The van der Waals surface area contributed by atoms with Gasteiger partial charge in [-0.15, -0.1) is 0 Å². The van der Waals surface area contributed by atoms with Crippen molar-refractivity contribution in [3.8, 4) is 0 Å². The first-order valence-corrected chi connectivity index (χ1v) is 5.10. The van der Waals surface area contributed by atoms with Crippen LogP contribution in [-0.2, 0) is 0 Å². The molecule has 4 heteroatoms. The number of nitrogens with zero attached hydrogens (tertiary/aromatic N) is 1. The second-order valence-corrected chi connectivity index (χ2v) is 4.46. The summed E-state index contributed by atoms with van der Waals surface area (Å²) in [5.41, 5.74) is 8.52. The van der Waals surface area contributed by atoms with Gasteiger partial charge in [-0.05, 0) is 25.2 Å². The molecule has 0 aromatic rings. The monoisotopic (exact) mass is 197 g/mol. The molecular formula is C10H19N3O. The average Bonchev–Trinajstić information content (AvgIpc) is 2.39. The van der Waals surface area contributed by atoms with Crippen LogP contribution < -0.4 is 11.2 Å². The van der Waals surface area contributed by atoms with Gasteiger partial charge in [0.2, 0.25) is 0 Å². The Kier molecular flexibility index (Phi) is 3.13. The van der Waals surface area contributed by atoms with Crippen LogP contribution in [0.15, 0.2) is 5.10 Å². The van der Waals surface area contributed by atoms with Gasteiger partial charge < -0.3 is 5.73 Å². The Morgan fingerprint density at radius 3 is 2.93 bits per heavy atom. The molecule has 1 fully saturated rings. The van der Waals surface area contributed by atoms with Crippen molar-refractivity contribution in [2.45, 2.75) is 40.0 Å². The Morgan fingerprint density at radius 2 is 2.43 bits per heavy atom. The van der Waals surface area contributed by atoms with Crippen molar-refractivity contribution >= 4 is 11.7 Å². The maximum atomic E-state index is 10.5. The summed E-state index contributed by atoms with van der Waals surface area (Å²) in [6.07, 6.45) is 3.16. The number of hydrogen-bond acceptors (Lipinski definition) is 2. The summed E-state index contributed by atoms with van der Waals surface area (Å²) < 4.78 is 0. The van der Waals surface area contributed by atoms with Crippen molar-refractivity contribution in [1.29, 1.82) is 0 Å². The van der Waals surface area contributed by atoms with Crippen molar-refractivity contribution in [2.75, 3.05) is 0 Å². The van der Waals surface area contributed by atoms with Crippen LogP contribution in [0.3, 0.4) is 0 Å². The van der Waals surface area contributed by atoms with Crippen LogP contribution >= 0.6 is 0 Å². The van der Waals surface area contributed by atoms with Crippen molar-refractivity contribution in [2.24, 2.45) is 22.2 Å². The Bertz CT molecular complexity index is 262. The first-order valence-electron chi connectivity index (χ1n) is 5.10. The van der Waals surface area contributed by atoms with Gasteiger partial charge in [0.25, 0.3) is 0 Å². The lowest BCUT2D eigenvalue weighted by molar-refractivity contribution is 0.249. The van der Waals surface area contributed by atoms with Gasteiger partial charge in [0.05, 0.1) is 0 Å². The highest BCUT2D eigenvalue weighted by molar-refractivity contribution is 5.92. The molecule has 1 aliphatic rings. The molecule has 0 radical (unpaired) electrons. The molecule has 0 bridgehead atoms. The molecular weight excluding hydrogens is 178 g/mol. The SMILES string of the molecule is CCC1(C)CC(C)C/C1=N\NC(N)=O. The molecule has 2 atom stereocenters. The maximum Gasteiger partial charge on any atom is 0.332 e. The molecule has 0 saturated heterocycles. The standard InChI is InChI=1S/C10H19N3O/c1-4-10(3)6-7(2)5-8(10)12-13-9(11)14/h7H,4-6H2,1-3H3,(H3,11,13,14)/b12-8+. The molecule has 2 unspecified atom stereocenters. The first kappa shape index (κ1) is 11.0. The summed E-state index contributed by atoms with van der Waals surface area (Å²) in [6, 6.07) is -0.587. The second kappa shape index (κ2) is 3.98. The van der Waals surface area contributed by atoms with E-state index in [4.69, 9.17) is 5.73 Å². The highest BCUT2D eigenvalue weighted by Gasteiger charge is 2.37. The number of carbonyl (C=O) groups excluding carboxylic acids is 1. The smallest absolute Gasteiger partial charge is 0.332 e. The lowest BCUT2D eigenvalue weighted by atomic mass is 9.84. The molecule has 1 saturated carbocycles. The molecule has 1 aliphatic carbocycles. The summed E-state index contributed by atoms with van der Waals surface area (Å²) in [7, 11) is 0. The topological polar surface area (TPSA) is 67.5 Å². The van der Waals surface area contributed by atoms with Gasteiger partial charge in [-0.25, -0.2) is 10.2 Å². The number of rotatable bonds is 2. The van der Waals surface area contributed by atoms with E-state index in [9.17, 15) is 4.79 Å². The predicted molar refractivity (Wildman–Crippen MR) is 57.0 cm³/mol. The molecule has 0 aliphatic heterocycles. The summed E-state index contributed by atoms with van der Waals surface area (Å²) in [5.74, 6) is 0.647. The van der Waals surface area contributed by atoms with E-state index >= 15 is 0 Å². The van der Waals surface area contributed by atoms with E-state index in [2.05, 4.69) is 31.3 Å². The van der Waals surface area contributed by atoms with E-state index in [1.54, 1.807) is 0 Å². The van der Waals surface area contributed by atoms with Crippen LogP contribution in [0, 0.1) is 11.3 Å². The van der Waals surface area contributed by atoms with Crippen molar-refractivity contribution in [3.63, 3.8) is 0 Å². The number of urea groups is 1. The lowest BCUT2D eigenvalue weighted by Crippen LogP contribution is -2.29. The summed E-state index contributed by atoms with van der Waals surface area (Å²) >= 11 is 0. The fraction of sp³-hybridized carbons (Fsp3) is 0.800. The minimum absolute atomic E-state index is 0.141. The highest BCUT2D eigenvalue weighted by Crippen LogP contribution is 2.41. The third-order valence-corrected chi connectivity index (χ3v) is 3.12. The number of hydrogen-bond donors (Lipinski definition) is 2.